The lowest BCUT2D eigenvalue weighted by atomic mass is 9.96. The van der Waals surface area contributed by atoms with Crippen molar-refractivity contribution in [1.29, 1.82) is 0 Å². The summed E-state index contributed by atoms with van der Waals surface area (Å²) in [6.45, 7) is -2.72. The molecule has 13 N–H and O–H groups in total. The van der Waals surface area contributed by atoms with E-state index in [0.717, 1.165) is 0 Å². The molecule has 0 spiro atoms. The van der Waals surface area contributed by atoms with Crippen LogP contribution < -0.4 is 0 Å². The first kappa shape index (κ1) is 35.1. The van der Waals surface area contributed by atoms with Crippen LogP contribution in [0.25, 0.3) is 0 Å². The summed E-state index contributed by atoms with van der Waals surface area (Å²) in [6, 6.07) is 0. The minimum Gasteiger partial charge on any atom is -0.394 e. The Morgan fingerprint density at radius 1 is 0.488 bits per heavy atom. The monoisotopic (exact) mass is 636 g/mol. The summed E-state index contributed by atoms with van der Waals surface area (Å²) in [6.07, 6.45) is -32.8. The molecule has 4 fully saturated rings. The SMILES string of the molecule is OC[C@H]1O[C@@H](OC[C@H]2O[C@@H](O[C@H]3[C@@H](O)[C@@H](CO)O[C@@H](O[C@@H]4[C@@H](O)[C@@H](O)OC[C@@H]4O)[C@@H]3O)[C@H](O)[C@@H](O)[C@H]2O)[C@H](O)[C@@H](O)[C@H]1O. The summed E-state index contributed by atoms with van der Waals surface area (Å²) in [5, 5.41) is 132. The van der Waals surface area contributed by atoms with Crippen molar-refractivity contribution in [2.45, 2.75) is 117 Å². The van der Waals surface area contributed by atoms with E-state index in [1.807, 2.05) is 0 Å². The van der Waals surface area contributed by atoms with E-state index in [0.29, 0.717) is 0 Å². The van der Waals surface area contributed by atoms with Crippen LogP contribution in [0.2, 0.25) is 0 Å². The van der Waals surface area contributed by atoms with Crippen molar-refractivity contribution in [2.75, 3.05) is 26.4 Å². The third-order valence-corrected chi connectivity index (χ3v) is 7.79. The molecule has 0 aromatic carbocycles. The first-order valence-corrected chi connectivity index (χ1v) is 13.5. The van der Waals surface area contributed by atoms with Crippen LogP contribution in [0.1, 0.15) is 0 Å². The van der Waals surface area contributed by atoms with Crippen molar-refractivity contribution in [2.24, 2.45) is 0 Å². The Labute approximate surface area is 243 Å². The Hall–Kier alpha value is -0.800. The molecule has 4 saturated heterocycles. The smallest absolute Gasteiger partial charge is 0.187 e. The molecule has 0 unspecified atom stereocenters. The fraction of sp³-hybridized carbons (Fsp3) is 1.00. The Morgan fingerprint density at radius 3 is 1.60 bits per heavy atom. The zero-order chi connectivity index (χ0) is 31.7. The minimum atomic E-state index is -1.98. The Kier molecular flexibility index (Phi) is 12.0. The third-order valence-electron chi connectivity index (χ3n) is 7.79. The molecule has 43 heavy (non-hydrogen) atoms. The number of ether oxygens (including phenoxy) is 7. The molecule has 0 aliphatic carbocycles. The van der Waals surface area contributed by atoms with E-state index in [9.17, 15) is 66.4 Å². The van der Waals surface area contributed by atoms with E-state index in [1.165, 1.54) is 0 Å². The van der Waals surface area contributed by atoms with Crippen molar-refractivity contribution in [3.8, 4) is 0 Å². The summed E-state index contributed by atoms with van der Waals surface area (Å²) < 4.78 is 37.2. The van der Waals surface area contributed by atoms with Gasteiger partial charge in [-0.3, -0.25) is 0 Å². The van der Waals surface area contributed by atoms with Crippen LogP contribution in [0.4, 0.5) is 0 Å². The highest BCUT2D eigenvalue weighted by atomic mass is 16.8. The maximum Gasteiger partial charge on any atom is 0.187 e. The van der Waals surface area contributed by atoms with Gasteiger partial charge in [0.25, 0.3) is 0 Å². The highest BCUT2D eigenvalue weighted by molar-refractivity contribution is 4.96. The molecule has 0 aromatic rings. The number of aliphatic hydroxyl groups is 13. The van der Waals surface area contributed by atoms with E-state index >= 15 is 0 Å². The fourth-order valence-electron chi connectivity index (χ4n) is 5.15. The fourth-order valence-corrected chi connectivity index (χ4v) is 5.15. The number of rotatable bonds is 9. The van der Waals surface area contributed by atoms with Gasteiger partial charge in [-0.15, -0.1) is 0 Å². The molecule has 0 aromatic heterocycles. The van der Waals surface area contributed by atoms with Crippen LogP contribution >= 0.6 is 0 Å². The van der Waals surface area contributed by atoms with E-state index < -0.39 is 143 Å². The van der Waals surface area contributed by atoms with Crippen LogP contribution in [0, 0.1) is 0 Å². The van der Waals surface area contributed by atoms with Crippen LogP contribution in [-0.2, 0) is 33.2 Å². The van der Waals surface area contributed by atoms with Gasteiger partial charge in [-0.2, -0.15) is 0 Å². The summed E-state index contributed by atoms with van der Waals surface area (Å²) in [7, 11) is 0. The van der Waals surface area contributed by atoms with Crippen LogP contribution in [0.3, 0.4) is 0 Å². The topological polar surface area (TPSA) is 328 Å². The van der Waals surface area contributed by atoms with Gasteiger partial charge >= 0.3 is 0 Å². The lowest BCUT2D eigenvalue weighted by Gasteiger charge is -2.47. The molecule has 0 amide bonds. The highest BCUT2D eigenvalue weighted by Crippen LogP contribution is 2.32. The van der Waals surface area contributed by atoms with Crippen molar-refractivity contribution < 1.29 is 99.5 Å². The summed E-state index contributed by atoms with van der Waals surface area (Å²) in [5.74, 6) is 0. The normalized spacial score (nSPS) is 53.1. The van der Waals surface area contributed by atoms with E-state index in [1.54, 1.807) is 0 Å². The molecule has 0 bridgehead atoms. The van der Waals surface area contributed by atoms with Gasteiger partial charge in [0.2, 0.25) is 0 Å². The van der Waals surface area contributed by atoms with Crippen molar-refractivity contribution in [3.05, 3.63) is 0 Å². The Morgan fingerprint density at radius 2 is 0.977 bits per heavy atom. The lowest BCUT2D eigenvalue weighted by molar-refractivity contribution is -0.378. The minimum absolute atomic E-state index is 0.452. The molecule has 0 radical (unpaired) electrons. The first-order chi connectivity index (χ1) is 20.3. The van der Waals surface area contributed by atoms with Gasteiger partial charge in [-0.05, 0) is 0 Å². The second kappa shape index (κ2) is 14.7. The van der Waals surface area contributed by atoms with E-state index in [-0.39, 0.29) is 0 Å². The molecule has 19 atom stereocenters. The Balaban J connectivity index is 1.44. The van der Waals surface area contributed by atoms with E-state index in [2.05, 4.69) is 0 Å². The predicted octanol–water partition coefficient (Wildman–Crippen LogP) is -9.11. The van der Waals surface area contributed by atoms with Gasteiger partial charge in [-0.25, -0.2) is 0 Å². The maximum absolute atomic E-state index is 10.9. The molecule has 252 valence electrons. The average Bonchev–Trinajstić information content (AvgIpc) is 2.99. The maximum atomic E-state index is 10.9. The zero-order valence-corrected chi connectivity index (χ0v) is 22.5. The summed E-state index contributed by atoms with van der Waals surface area (Å²) >= 11 is 0. The van der Waals surface area contributed by atoms with Crippen LogP contribution in [0.15, 0.2) is 0 Å². The van der Waals surface area contributed by atoms with Gasteiger partial charge in [0.1, 0.15) is 91.6 Å². The molecule has 4 aliphatic rings. The van der Waals surface area contributed by atoms with Crippen molar-refractivity contribution in [1.82, 2.24) is 0 Å². The first-order valence-electron chi connectivity index (χ1n) is 13.5. The van der Waals surface area contributed by atoms with Gasteiger partial charge in [-0.1, -0.05) is 0 Å². The van der Waals surface area contributed by atoms with Gasteiger partial charge in [0.05, 0.1) is 26.4 Å². The standard InChI is InChI=1S/C23H40O20/c24-1-6-9(27)12(30)14(32)21(39-6)38-4-8-10(28)13(31)15(33)22(41-8)43-19-11(29)7(2-25)40-23(17(19)35)42-18-5(26)3-37-20(36)16(18)34/h5-36H,1-4H2/t5-,6+,7+,8+,9-,10-,11-,12-,13-,14+,15+,16+,17+,18-,19-,20-,21+,22-,23-/m0/s1. The van der Waals surface area contributed by atoms with Crippen LogP contribution in [0.5, 0.6) is 0 Å². The zero-order valence-electron chi connectivity index (χ0n) is 22.5. The quantitative estimate of drug-likeness (QED) is 0.112. The van der Waals surface area contributed by atoms with Gasteiger partial charge in [0, 0.05) is 0 Å². The third kappa shape index (κ3) is 7.29. The predicted molar refractivity (Wildman–Crippen MR) is 128 cm³/mol. The highest BCUT2D eigenvalue weighted by Gasteiger charge is 2.53. The second-order valence-corrected chi connectivity index (χ2v) is 10.7. The molecule has 0 saturated carbocycles. The second-order valence-electron chi connectivity index (χ2n) is 10.7. The molecule has 4 aliphatic heterocycles. The van der Waals surface area contributed by atoms with Crippen molar-refractivity contribution in [3.63, 3.8) is 0 Å². The molecule has 20 heteroatoms. The Bertz CT molecular complexity index is 869. The largest absolute Gasteiger partial charge is 0.394 e. The van der Waals surface area contributed by atoms with Gasteiger partial charge in [0.15, 0.2) is 25.2 Å². The number of aliphatic hydroxyl groups excluding tert-OH is 13. The molecule has 4 heterocycles. The van der Waals surface area contributed by atoms with Crippen molar-refractivity contribution >= 4 is 0 Å². The van der Waals surface area contributed by atoms with E-state index in [4.69, 9.17) is 33.2 Å². The summed E-state index contributed by atoms with van der Waals surface area (Å²) in [5.41, 5.74) is 0. The molecule has 4 rings (SSSR count). The number of hydrogen-bond donors (Lipinski definition) is 13. The van der Waals surface area contributed by atoms with Gasteiger partial charge < -0.3 is 99.5 Å². The molecule has 20 nitrogen and oxygen atoms in total. The molecular formula is C23H40O20. The lowest BCUT2D eigenvalue weighted by Crippen LogP contribution is -2.66. The average molecular weight is 637 g/mol. The summed E-state index contributed by atoms with van der Waals surface area (Å²) in [4.78, 5) is 0. The van der Waals surface area contributed by atoms with Crippen LogP contribution in [-0.4, -0.2) is 210 Å². The molecular weight excluding hydrogens is 596 g/mol. The number of hydrogen-bond acceptors (Lipinski definition) is 20.